The molecule has 4 heteroatoms. The predicted octanol–water partition coefficient (Wildman–Crippen LogP) is 3.49. The van der Waals surface area contributed by atoms with Gasteiger partial charge in [-0.25, -0.2) is 0 Å². The van der Waals surface area contributed by atoms with Crippen molar-refractivity contribution in [1.29, 1.82) is 0 Å². The third-order valence-corrected chi connectivity index (χ3v) is 3.28. The first kappa shape index (κ1) is 14.9. The summed E-state index contributed by atoms with van der Waals surface area (Å²) in [5.41, 5.74) is 1.69. The van der Waals surface area contributed by atoms with Gasteiger partial charge in [0.25, 0.3) is 0 Å². The molecule has 0 aromatic heterocycles. The lowest BCUT2D eigenvalue weighted by Crippen LogP contribution is -2.04. The molecule has 4 nitrogen and oxygen atoms in total. The summed E-state index contributed by atoms with van der Waals surface area (Å²) >= 11 is 0. The van der Waals surface area contributed by atoms with Gasteiger partial charge in [0.2, 0.25) is 0 Å². The lowest BCUT2D eigenvalue weighted by atomic mass is 10.0. The van der Waals surface area contributed by atoms with Gasteiger partial charge in [-0.3, -0.25) is 4.79 Å². The van der Waals surface area contributed by atoms with E-state index >= 15 is 0 Å². The lowest BCUT2D eigenvalue weighted by Gasteiger charge is -2.15. The maximum atomic E-state index is 11.8. The number of methoxy groups -OCH3 is 1. The van der Waals surface area contributed by atoms with Gasteiger partial charge in [-0.15, -0.1) is 0 Å². The van der Waals surface area contributed by atoms with Gasteiger partial charge in [0, 0.05) is 11.6 Å². The molecular weight excluding hydrogens is 268 g/mol. The normalized spacial score (nSPS) is 10.2. The van der Waals surface area contributed by atoms with E-state index in [2.05, 4.69) is 0 Å². The number of hydrogen-bond donors (Lipinski definition) is 1. The molecule has 0 fully saturated rings. The number of carbonyl (C=O) groups is 1. The van der Waals surface area contributed by atoms with Crippen LogP contribution in [0.25, 0.3) is 0 Å². The molecule has 0 atom stereocenters. The minimum Gasteiger partial charge on any atom is -0.507 e. The number of benzene rings is 2. The number of ketones is 1. The van der Waals surface area contributed by atoms with Gasteiger partial charge >= 0.3 is 0 Å². The highest BCUT2D eigenvalue weighted by atomic mass is 16.5. The molecule has 0 aliphatic rings. The standard InChI is InChI=1S/C17H18O4/c1-11-14(20-3)9-15(16(12(2)18)17(11)19)21-10-13-7-5-4-6-8-13/h4-9,19H,10H2,1-3H3. The van der Waals surface area contributed by atoms with E-state index in [0.717, 1.165) is 5.56 Å². The Balaban J connectivity index is 2.37. The van der Waals surface area contributed by atoms with Crippen LogP contribution in [0.5, 0.6) is 17.2 Å². The Hall–Kier alpha value is -2.49. The number of phenols is 1. The Labute approximate surface area is 123 Å². The van der Waals surface area contributed by atoms with Gasteiger partial charge in [-0.1, -0.05) is 30.3 Å². The predicted molar refractivity (Wildman–Crippen MR) is 80.2 cm³/mol. The van der Waals surface area contributed by atoms with Crippen LogP contribution >= 0.6 is 0 Å². The van der Waals surface area contributed by atoms with Crippen molar-refractivity contribution in [2.75, 3.05) is 7.11 Å². The van der Waals surface area contributed by atoms with Crippen molar-refractivity contribution in [2.24, 2.45) is 0 Å². The molecule has 2 rings (SSSR count). The molecule has 0 saturated carbocycles. The fraction of sp³-hybridized carbons (Fsp3) is 0.235. The molecule has 0 radical (unpaired) electrons. The van der Waals surface area contributed by atoms with Gasteiger partial charge in [0.1, 0.15) is 29.4 Å². The van der Waals surface area contributed by atoms with Crippen molar-refractivity contribution in [1.82, 2.24) is 0 Å². The first-order chi connectivity index (χ1) is 10.0. The first-order valence-electron chi connectivity index (χ1n) is 6.62. The summed E-state index contributed by atoms with van der Waals surface area (Å²) in [6.07, 6.45) is 0. The van der Waals surface area contributed by atoms with E-state index in [4.69, 9.17) is 9.47 Å². The summed E-state index contributed by atoms with van der Waals surface area (Å²) in [7, 11) is 1.51. The van der Waals surface area contributed by atoms with E-state index in [1.54, 1.807) is 13.0 Å². The smallest absolute Gasteiger partial charge is 0.167 e. The third kappa shape index (κ3) is 3.16. The van der Waals surface area contributed by atoms with Gasteiger partial charge in [-0.2, -0.15) is 0 Å². The second-order valence-corrected chi connectivity index (χ2v) is 4.76. The Morgan fingerprint density at radius 3 is 2.43 bits per heavy atom. The maximum absolute atomic E-state index is 11.8. The fourth-order valence-corrected chi connectivity index (χ4v) is 2.12. The van der Waals surface area contributed by atoms with E-state index in [1.807, 2.05) is 30.3 Å². The highest BCUT2D eigenvalue weighted by Crippen LogP contribution is 2.38. The molecule has 0 unspecified atom stereocenters. The summed E-state index contributed by atoms with van der Waals surface area (Å²) in [5, 5.41) is 10.2. The number of ether oxygens (including phenoxy) is 2. The number of Topliss-reactive ketones (excluding diaryl/α,β-unsaturated/α-hetero) is 1. The number of aromatic hydroxyl groups is 1. The Bertz CT molecular complexity index is 648. The van der Waals surface area contributed by atoms with Crippen molar-refractivity contribution in [3.8, 4) is 17.2 Å². The number of rotatable bonds is 5. The number of hydrogen-bond acceptors (Lipinski definition) is 4. The quantitative estimate of drug-likeness (QED) is 0.855. The van der Waals surface area contributed by atoms with Crippen molar-refractivity contribution in [2.45, 2.75) is 20.5 Å². The van der Waals surface area contributed by atoms with Crippen LogP contribution in [0.1, 0.15) is 28.4 Å². The van der Waals surface area contributed by atoms with E-state index in [9.17, 15) is 9.90 Å². The van der Waals surface area contributed by atoms with Crippen LogP contribution in [0.3, 0.4) is 0 Å². The van der Waals surface area contributed by atoms with E-state index in [1.165, 1.54) is 14.0 Å². The topological polar surface area (TPSA) is 55.8 Å². The molecule has 0 aliphatic carbocycles. The van der Waals surface area contributed by atoms with Crippen LogP contribution in [-0.4, -0.2) is 18.0 Å². The molecule has 2 aromatic rings. The fourth-order valence-electron chi connectivity index (χ4n) is 2.12. The SMILES string of the molecule is COc1cc(OCc2ccccc2)c(C(C)=O)c(O)c1C. The van der Waals surface area contributed by atoms with Crippen molar-refractivity contribution in [3.05, 3.63) is 53.1 Å². The highest BCUT2D eigenvalue weighted by molar-refractivity contribution is 6.00. The second kappa shape index (κ2) is 6.31. The zero-order valence-electron chi connectivity index (χ0n) is 12.3. The van der Waals surface area contributed by atoms with Crippen LogP contribution in [-0.2, 0) is 6.61 Å². The maximum Gasteiger partial charge on any atom is 0.167 e. The Morgan fingerprint density at radius 1 is 1.19 bits per heavy atom. The van der Waals surface area contributed by atoms with Gasteiger partial charge in [0.15, 0.2) is 5.78 Å². The van der Waals surface area contributed by atoms with Crippen LogP contribution in [0.4, 0.5) is 0 Å². The van der Waals surface area contributed by atoms with E-state index in [-0.39, 0.29) is 17.1 Å². The second-order valence-electron chi connectivity index (χ2n) is 4.76. The van der Waals surface area contributed by atoms with Gasteiger partial charge < -0.3 is 14.6 Å². The van der Waals surface area contributed by atoms with Crippen LogP contribution in [0.2, 0.25) is 0 Å². The molecule has 0 aliphatic heterocycles. The molecule has 2 aromatic carbocycles. The van der Waals surface area contributed by atoms with E-state index in [0.29, 0.717) is 23.7 Å². The molecule has 21 heavy (non-hydrogen) atoms. The minimum absolute atomic E-state index is 0.0927. The van der Waals surface area contributed by atoms with E-state index < -0.39 is 0 Å². The highest BCUT2D eigenvalue weighted by Gasteiger charge is 2.20. The van der Waals surface area contributed by atoms with Crippen molar-refractivity contribution < 1.29 is 19.4 Å². The third-order valence-electron chi connectivity index (χ3n) is 3.28. The summed E-state index contributed by atoms with van der Waals surface area (Å²) in [6, 6.07) is 11.2. The average Bonchev–Trinajstić information content (AvgIpc) is 2.48. The van der Waals surface area contributed by atoms with Crippen molar-refractivity contribution in [3.63, 3.8) is 0 Å². The van der Waals surface area contributed by atoms with Crippen LogP contribution in [0.15, 0.2) is 36.4 Å². The van der Waals surface area contributed by atoms with Crippen LogP contribution in [0, 0.1) is 6.92 Å². The summed E-state index contributed by atoms with van der Waals surface area (Å²) in [4.78, 5) is 11.8. The Morgan fingerprint density at radius 2 is 1.86 bits per heavy atom. The molecule has 0 bridgehead atoms. The van der Waals surface area contributed by atoms with Gasteiger partial charge in [-0.05, 0) is 19.4 Å². The monoisotopic (exact) mass is 286 g/mol. The molecule has 0 amide bonds. The Kier molecular flexibility index (Phi) is 4.48. The number of carbonyl (C=O) groups excluding carboxylic acids is 1. The molecule has 0 spiro atoms. The minimum atomic E-state index is -0.249. The lowest BCUT2D eigenvalue weighted by molar-refractivity contribution is 0.101. The van der Waals surface area contributed by atoms with Crippen LogP contribution < -0.4 is 9.47 Å². The molecular formula is C17H18O4. The molecule has 1 N–H and O–H groups in total. The molecule has 110 valence electrons. The average molecular weight is 286 g/mol. The molecule has 0 saturated heterocycles. The van der Waals surface area contributed by atoms with Gasteiger partial charge in [0.05, 0.1) is 7.11 Å². The first-order valence-corrected chi connectivity index (χ1v) is 6.62. The summed E-state index contributed by atoms with van der Waals surface area (Å²) < 4.78 is 10.9. The zero-order chi connectivity index (χ0) is 15.4. The number of phenolic OH excluding ortho intramolecular Hbond substituents is 1. The van der Waals surface area contributed by atoms with Crippen molar-refractivity contribution >= 4 is 5.78 Å². The molecule has 0 heterocycles. The summed E-state index contributed by atoms with van der Waals surface area (Å²) in [6.45, 7) is 3.41. The summed E-state index contributed by atoms with van der Waals surface area (Å²) in [5.74, 6) is 0.470. The largest absolute Gasteiger partial charge is 0.507 e. The zero-order valence-corrected chi connectivity index (χ0v) is 12.3.